The van der Waals surface area contributed by atoms with E-state index in [0.29, 0.717) is 29.6 Å². The van der Waals surface area contributed by atoms with Gasteiger partial charge in [0, 0.05) is 18.9 Å². The van der Waals surface area contributed by atoms with Crippen LogP contribution >= 0.6 is 0 Å². The van der Waals surface area contributed by atoms with Gasteiger partial charge in [-0.1, -0.05) is 31.9 Å². The number of allylic oxidation sites excluding steroid dienone is 1. The van der Waals surface area contributed by atoms with Crippen LogP contribution in [0.15, 0.2) is 11.6 Å². The maximum atomic E-state index is 10.6. The van der Waals surface area contributed by atoms with Crippen LogP contribution in [-0.4, -0.2) is 29.2 Å². The highest BCUT2D eigenvalue weighted by molar-refractivity contribution is 5.27. The van der Waals surface area contributed by atoms with E-state index in [0.717, 1.165) is 19.3 Å². The van der Waals surface area contributed by atoms with Gasteiger partial charge in [-0.25, -0.2) is 0 Å². The predicted molar refractivity (Wildman–Crippen MR) is 89.7 cm³/mol. The zero-order valence-electron chi connectivity index (χ0n) is 14.8. The van der Waals surface area contributed by atoms with Crippen LogP contribution in [-0.2, 0) is 4.74 Å². The number of methoxy groups -OCH3 is 1. The standard InChI is InChI=1S/C20H32O3/c1-18-9-5-4-6-13(18)12-16(23-3)17-14(18)7-10-19(2)15(17)8-11-20(19,21)22/h12,14-17,21-22H,4-11H2,1-3H3/t14-,15+,16?,17-,18+,19+/m1/s1. The molecule has 0 aromatic carbocycles. The minimum atomic E-state index is -1.50. The molecule has 4 aliphatic rings. The molecule has 2 N–H and O–H groups in total. The van der Waals surface area contributed by atoms with E-state index in [2.05, 4.69) is 19.9 Å². The molecule has 3 nitrogen and oxygen atoms in total. The summed E-state index contributed by atoms with van der Waals surface area (Å²) < 4.78 is 5.94. The first-order valence-corrected chi connectivity index (χ1v) is 9.52. The van der Waals surface area contributed by atoms with Gasteiger partial charge in [-0.2, -0.15) is 0 Å². The van der Waals surface area contributed by atoms with Crippen molar-refractivity contribution >= 4 is 0 Å². The molecule has 0 aliphatic heterocycles. The van der Waals surface area contributed by atoms with Gasteiger partial charge in [-0.15, -0.1) is 0 Å². The van der Waals surface area contributed by atoms with Crippen LogP contribution in [0.2, 0.25) is 0 Å². The summed E-state index contributed by atoms with van der Waals surface area (Å²) in [4.78, 5) is 0. The molecule has 0 bridgehead atoms. The monoisotopic (exact) mass is 320 g/mol. The third-order valence-corrected chi connectivity index (χ3v) is 8.40. The molecular weight excluding hydrogens is 288 g/mol. The average molecular weight is 320 g/mol. The van der Waals surface area contributed by atoms with E-state index < -0.39 is 5.79 Å². The Morgan fingerprint density at radius 1 is 1.04 bits per heavy atom. The molecule has 0 radical (unpaired) electrons. The smallest absolute Gasteiger partial charge is 0.168 e. The van der Waals surface area contributed by atoms with Crippen molar-refractivity contribution < 1.29 is 14.9 Å². The Morgan fingerprint density at radius 2 is 1.78 bits per heavy atom. The van der Waals surface area contributed by atoms with Crippen LogP contribution in [0, 0.1) is 28.6 Å². The van der Waals surface area contributed by atoms with Gasteiger partial charge in [0.25, 0.3) is 0 Å². The minimum Gasteiger partial charge on any atom is -0.377 e. The Kier molecular flexibility index (Phi) is 3.54. The number of fused-ring (bicyclic) bond motifs is 5. The number of hydrogen-bond donors (Lipinski definition) is 2. The second-order valence-electron chi connectivity index (χ2n) is 9.12. The van der Waals surface area contributed by atoms with Gasteiger partial charge in [0.15, 0.2) is 5.79 Å². The van der Waals surface area contributed by atoms with E-state index in [1.165, 1.54) is 25.7 Å². The van der Waals surface area contributed by atoms with Crippen molar-refractivity contribution in [1.82, 2.24) is 0 Å². The maximum Gasteiger partial charge on any atom is 0.168 e. The molecule has 1 unspecified atom stereocenters. The number of rotatable bonds is 1. The molecule has 0 heterocycles. The molecule has 0 saturated heterocycles. The van der Waals surface area contributed by atoms with Gasteiger partial charge in [0.2, 0.25) is 0 Å². The minimum absolute atomic E-state index is 0.152. The quantitative estimate of drug-likeness (QED) is 0.573. The molecule has 23 heavy (non-hydrogen) atoms. The predicted octanol–water partition coefficient (Wildman–Crippen LogP) is 3.65. The van der Waals surface area contributed by atoms with E-state index in [4.69, 9.17) is 4.74 Å². The second-order valence-corrected chi connectivity index (χ2v) is 9.12. The molecule has 0 aromatic rings. The molecule has 3 heteroatoms. The lowest BCUT2D eigenvalue weighted by atomic mass is 9.47. The van der Waals surface area contributed by atoms with Crippen LogP contribution in [0.4, 0.5) is 0 Å². The Morgan fingerprint density at radius 3 is 2.52 bits per heavy atom. The van der Waals surface area contributed by atoms with Crippen molar-refractivity contribution in [2.45, 2.75) is 77.1 Å². The molecule has 6 atom stereocenters. The highest BCUT2D eigenvalue weighted by Gasteiger charge is 2.65. The number of aliphatic hydroxyl groups is 2. The Bertz CT molecular complexity index is 525. The molecule has 0 spiro atoms. The van der Waals surface area contributed by atoms with Crippen LogP contribution in [0.5, 0.6) is 0 Å². The van der Waals surface area contributed by atoms with Gasteiger partial charge in [0.1, 0.15) is 0 Å². The second kappa shape index (κ2) is 5.06. The zero-order valence-corrected chi connectivity index (χ0v) is 14.8. The molecule has 0 amide bonds. The first kappa shape index (κ1) is 16.1. The normalized spacial score (nSPS) is 51.4. The summed E-state index contributed by atoms with van der Waals surface area (Å²) in [5.41, 5.74) is 1.56. The third kappa shape index (κ3) is 1.99. The highest BCUT2D eigenvalue weighted by atomic mass is 16.5. The van der Waals surface area contributed by atoms with Crippen molar-refractivity contribution in [3.05, 3.63) is 11.6 Å². The van der Waals surface area contributed by atoms with E-state index in [1.807, 2.05) is 7.11 Å². The maximum absolute atomic E-state index is 10.6. The fourth-order valence-electron chi connectivity index (χ4n) is 6.88. The van der Waals surface area contributed by atoms with Crippen molar-refractivity contribution in [1.29, 1.82) is 0 Å². The Hall–Kier alpha value is -0.380. The molecule has 3 saturated carbocycles. The molecule has 3 fully saturated rings. The van der Waals surface area contributed by atoms with E-state index >= 15 is 0 Å². The lowest BCUT2D eigenvalue weighted by Crippen LogP contribution is -2.57. The summed E-state index contributed by atoms with van der Waals surface area (Å²) >= 11 is 0. The van der Waals surface area contributed by atoms with E-state index in [9.17, 15) is 10.2 Å². The molecule has 130 valence electrons. The summed E-state index contributed by atoms with van der Waals surface area (Å²) in [6.07, 6.45) is 11.2. The lowest BCUT2D eigenvalue weighted by molar-refractivity contribution is -0.251. The van der Waals surface area contributed by atoms with Gasteiger partial charge in [0.05, 0.1) is 6.10 Å². The average Bonchev–Trinajstić information content (AvgIpc) is 2.76. The summed E-state index contributed by atoms with van der Waals surface area (Å²) in [6.45, 7) is 4.58. The molecule has 0 aromatic heterocycles. The van der Waals surface area contributed by atoms with Crippen molar-refractivity contribution in [3.8, 4) is 0 Å². The van der Waals surface area contributed by atoms with Crippen molar-refractivity contribution in [3.63, 3.8) is 0 Å². The van der Waals surface area contributed by atoms with Crippen molar-refractivity contribution in [2.24, 2.45) is 28.6 Å². The first-order valence-electron chi connectivity index (χ1n) is 9.52. The van der Waals surface area contributed by atoms with Gasteiger partial charge >= 0.3 is 0 Å². The third-order valence-electron chi connectivity index (χ3n) is 8.40. The topological polar surface area (TPSA) is 49.7 Å². The van der Waals surface area contributed by atoms with Crippen LogP contribution in [0.1, 0.15) is 65.2 Å². The lowest BCUT2D eigenvalue weighted by Gasteiger charge is -2.59. The fourth-order valence-corrected chi connectivity index (χ4v) is 6.88. The Labute approximate surface area is 140 Å². The van der Waals surface area contributed by atoms with E-state index in [1.54, 1.807) is 5.57 Å². The number of ether oxygens (including phenoxy) is 1. The Balaban J connectivity index is 1.77. The van der Waals surface area contributed by atoms with E-state index in [-0.39, 0.29) is 11.5 Å². The molecule has 4 rings (SSSR count). The summed E-state index contributed by atoms with van der Waals surface area (Å²) in [7, 11) is 1.83. The van der Waals surface area contributed by atoms with Crippen LogP contribution in [0.25, 0.3) is 0 Å². The first-order chi connectivity index (χ1) is 10.8. The van der Waals surface area contributed by atoms with Crippen LogP contribution in [0.3, 0.4) is 0 Å². The van der Waals surface area contributed by atoms with Gasteiger partial charge < -0.3 is 14.9 Å². The van der Waals surface area contributed by atoms with Crippen LogP contribution < -0.4 is 0 Å². The van der Waals surface area contributed by atoms with Gasteiger partial charge in [-0.05, 0) is 61.7 Å². The molecule has 4 aliphatic carbocycles. The highest BCUT2D eigenvalue weighted by Crippen LogP contribution is 2.66. The summed E-state index contributed by atoms with van der Waals surface area (Å²) in [5.74, 6) is -0.0671. The van der Waals surface area contributed by atoms with Gasteiger partial charge in [-0.3, -0.25) is 0 Å². The summed E-state index contributed by atoms with van der Waals surface area (Å²) in [6, 6.07) is 0. The number of hydrogen-bond acceptors (Lipinski definition) is 3. The zero-order chi connectivity index (χ0) is 16.5. The fraction of sp³-hybridized carbons (Fsp3) is 0.900. The largest absolute Gasteiger partial charge is 0.377 e. The summed E-state index contributed by atoms with van der Waals surface area (Å²) in [5, 5.41) is 21.2. The van der Waals surface area contributed by atoms with Crippen molar-refractivity contribution in [2.75, 3.05) is 7.11 Å². The molecular formula is C20H32O3. The SMILES string of the molecule is COC1C=C2CCCC[C@]2(C)[C@@H]2CC[C@@]3(C)[C@@H](CCC3(O)O)[C@H]12.